The van der Waals surface area contributed by atoms with Crippen LogP contribution >= 0.6 is 11.3 Å². The van der Waals surface area contributed by atoms with Gasteiger partial charge in [-0.1, -0.05) is 0 Å². The van der Waals surface area contributed by atoms with Crippen molar-refractivity contribution in [3.05, 3.63) is 27.1 Å². The third-order valence-electron chi connectivity index (χ3n) is 2.68. The molecule has 0 saturated heterocycles. The summed E-state index contributed by atoms with van der Waals surface area (Å²) in [5.41, 5.74) is -0.0397. The molecular formula is C11H10N2O5S. The molecule has 19 heavy (non-hydrogen) atoms. The third kappa shape index (κ3) is 2.34. The molecule has 0 aliphatic heterocycles. The van der Waals surface area contributed by atoms with Crippen LogP contribution in [-0.4, -0.2) is 31.7 Å². The predicted molar refractivity (Wildman–Crippen MR) is 67.8 cm³/mol. The van der Waals surface area contributed by atoms with Crippen LogP contribution in [0.25, 0.3) is 10.2 Å². The van der Waals surface area contributed by atoms with Crippen molar-refractivity contribution in [2.45, 2.75) is 19.9 Å². The number of carboxylic acid groups (broad SMARTS) is 2. The second kappa shape index (κ2) is 4.81. The van der Waals surface area contributed by atoms with E-state index in [1.165, 1.54) is 10.9 Å². The highest BCUT2D eigenvalue weighted by atomic mass is 32.1. The summed E-state index contributed by atoms with van der Waals surface area (Å²) < 4.78 is 1.18. The molecule has 0 spiro atoms. The quantitative estimate of drug-likeness (QED) is 0.863. The van der Waals surface area contributed by atoms with Crippen molar-refractivity contribution in [1.29, 1.82) is 0 Å². The number of hydrogen-bond acceptors (Lipinski definition) is 5. The lowest BCUT2D eigenvalue weighted by atomic mass is 10.2. The van der Waals surface area contributed by atoms with Gasteiger partial charge >= 0.3 is 11.9 Å². The number of carbonyl (C=O) groups is 2. The molecule has 0 atom stereocenters. The molecule has 0 fully saturated rings. The Kier molecular flexibility index (Phi) is 3.34. The van der Waals surface area contributed by atoms with Crippen LogP contribution < -0.4 is 5.56 Å². The lowest BCUT2D eigenvalue weighted by Crippen LogP contribution is -2.21. The number of rotatable bonds is 4. The largest absolute Gasteiger partial charge is 0.481 e. The van der Waals surface area contributed by atoms with E-state index in [2.05, 4.69) is 4.98 Å². The Morgan fingerprint density at radius 1 is 1.42 bits per heavy atom. The molecule has 2 N–H and O–H groups in total. The van der Waals surface area contributed by atoms with Crippen molar-refractivity contribution in [1.82, 2.24) is 9.55 Å². The van der Waals surface area contributed by atoms with Crippen LogP contribution in [0.3, 0.4) is 0 Å². The highest BCUT2D eigenvalue weighted by Gasteiger charge is 2.18. The molecule has 100 valence electrons. The second-order valence-corrected chi connectivity index (χ2v) is 4.93. The topological polar surface area (TPSA) is 109 Å². The maximum absolute atomic E-state index is 12.1. The molecule has 2 aromatic rings. The Labute approximate surface area is 110 Å². The second-order valence-electron chi connectivity index (χ2n) is 3.93. The van der Waals surface area contributed by atoms with Crippen LogP contribution in [0.4, 0.5) is 0 Å². The Balaban J connectivity index is 2.58. The minimum absolute atomic E-state index is 0.00873. The van der Waals surface area contributed by atoms with E-state index in [1.54, 1.807) is 6.92 Å². The minimum atomic E-state index is -1.10. The van der Waals surface area contributed by atoms with Gasteiger partial charge < -0.3 is 10.2 Å². The highest BCUT2D eigenvalue weighted by molar-refractivity contribution is 7.20. The van der Waals surface area contributed by atoms with Crippen LogP contribution in [0, 0.1) is 6.92 Å². The third-order valence-corrected chi connectivity index (χ3v) is 3.87. The molecule has 0 bridgehead atoms. The van der Waals surface area contributed by atoms with Gasteiger partial charge in [0.25, 0.3) is 5.56 Å². The monoisotopic (exact) mass is 282 g/mol. The van der Waals surface area contributed by atoms with E-state index in [4.69, 9.17) is 10.2 Å². The molecule has 0 aromatic carbocycles. The predicted octanol–water partition coefficient (Wildman–Crippen LogP) is 0.939. The summed E-state index contributed by atoms with van der Waals surface area (Å²) in [7, 11) is 0. The minimum Gasteiger partial charge on any atom is -0.481 e. The first-order valence-electron chi connectivity index (χ1n) is 5.35. The standard InChI is InChI=1S/C11H10N2O5S/c1-5-7-9(19-8(5)11(17)18)12-4-13(10(7)16)3-2-6(14)15/h4H,2-3H2,1H3,(H,14,15)(H,17,18). The lowest BCUT2D eigenvalue weighted by molar-refractivity contribution is -0.137. The van der Waals surface area contributed by atoms with Crippen LogP contribution in [0.15, 0.2) is 11.1 Å². The molecule has 0 radical (unpaired) electrons. The van der Waals surface area contributed by atoms with Crippen molar-refractivity contribution < 1.29 is 19.8 Å². The molecule has 2 aromatic heterocycles. The van der Waals surface area contributed by atoms with E-state index in [0.717, 1.165) is 11.3 Å². The summed E-state index contributed by atoms with van der Waals surface area (Å²) in [4.78, 5) is 38.1. The molecule has 7 nitrogen and oxygen atoms in total. The molecular weight excluding hydrogens is 272 g/mol. The maximum atomic E-state index is 12.1. The van der Waals surface area contributed by atoms with Crippen LogP contribution in [0.1, 0.15) is 21.7 Å². The van der Waals surface area contributed by atoms with Crippen molar-refractivity contribution in [3.8, 4) is 0 Å². The van der Waals surface area contributed by atoms with Gasteiger partial charge in [0, 0.05) is 6.54 Å². The van der Waals surface area contributed by atoms with Gasteiger partial charge in [0.05, 0.1) is 18.1 Å². The van der Waals surface area contributed by atoms with Crippen LogP contribution in [0.2, 0.25) is 0 Å². The van der Waals surface area contributed by atoms with E-state index in [1.807, 2.05) is 0 Å². The molecule has 0 saturated carbocycles. The number of aromatic nitrogens is 2. The average Bonchev–Trinajstić information content (AvgIpc) is 2.66. The lowest BCUT2D eigenvalue weighted by Gasteiger charge is -2.02. The first-order valence-corrected chi connectivity index (χ1v) is 6.17. The number of fused-ring (bicyclic) bond motifs is 1. The number of aliphatic carboxylic acids is 1. The van der Waals surface area contributed by atoms with Gasteiger partial charge in [0.15, 0.2) is 0 Å². The molecule has 0 unspecified atom stereocenters. The van der Waals surface area contributed by atoms with Crippen LogP contribution in [-0.2, 0) is 11.3 Å². The summed E-state index contributed by atoms with van der Waals surface area (Å²) >= 11 is 0.939. The maximum Gasteiger partial charge on any atom is 0.346 e. The van der Waals surface area contributed by atoms with E-state index in [-0.39, 0.29) is 23.2 Å². The summed E-state index contributed by atoms with van der Waals surface area (Å²) in [6.45, 7) is 1.56. The van der Waals surface area contributed by atoms with Gasteiger partial charge in [-0.05, 0) is 12.5 Å². The van der Waals surface area contributed by atoms with Crippen LogP contribution in [0.5, 0.6) is 0 Å². The van der Waals surface area contributed by atoms with Gasteiger partial charge in [-0.2, -0.15) is 0 Å². The summed E-state index contributed by atoms with van der Waals surface area (Å²) in [6.07, 6.45) is 1.05. The van der Waals surface area contributed by atoms with Gasteiger partial charge in [-0.25, -0.2) is 9.78 Å². The first-order chi connectivity index (χ1) is 8.91. The Morgan fingerprint density at radius 3 is 2.68 bits per heavy atom. The number of carboxylic acids is 2. The first kappa shape index (κ1) is 13.2. The van der Waals surface area contributed by atoms with E-state index in [9.17, 15) is 14.4 Å². The number of nitrogens with zero attached hydrogens (tertiary/aromatic N) is 2. The molecule has 0 aliphatic carbocycles. The zero-order valence-electron chi connectivity index (χ0n) is 9.91. The smallest absolute Gasteiger partial charge is 0.346 e. The van der Waals surface area contributed by atoms with Crippen molar-refractivity contribution >= 4 is 33.5 Å². The summed E-state index contributed by atoms with van der Waals surface area (Å²) in [5.74, 6) is -2.11. The van der Waals surface area contributed by atoms with Gasteiger partial charge in [-0.15, -0.1) is 11.3 Å². The zero-order chi connectivity index (χ0) is 14.2. The van der Waals surface area contributed by atoms with E-state index < -0.39 is 17.5 Å². The normalized spacial score (nSPS) is 10.8. The fraction of sp³-hybridized carbons (Fsp3) is 0.273. The van der Waals surface area contributed by atoms with Crippen molar-refractivity contribution in [3.63, 3.8) is 0 Å². The van der Waals surface area contributed by atoms with Gasteiger partial charge in [0.2, 0.25) is 0 Å². The number of thiophene rings is 1. The summed E-state index contributed by atoms with van der Waals surface area (Å²) in [6, 6.07) is 0. The Hall–Kier alpha value is -2.22. The molecule has 2 heterocycles. The highest BCUT2D eigenvalue weighted by Crippen LogP contribution is 2.26. The zero-order valence-corrected chi connectivity index (χ0v) is 10.7. The van der Waals surface area contributed by atoms with Crippen molar-refractivity contribution in [2.24, 2.45) is 0 Å². The summed E-state index contributed by atoms with van der Waals surface area (Å²) in [5, 5.41) is 17.8. The average molecular weight is 282 g/mol. The Morgan fingerprint density at radius 2 is 2.11 bits per heavy atom. The Bertz CT molecular complexity index is 730. The fourth-order valence-electron chi connectivity index (χ4n) is 1.74. The molecule has 0 amide bonds. The van der Waals surface area contributed by atoms with Gasteiger partial charge in [0.1, 0.15) is 9.71 Å². The molecule has 8 heteroatoms. The van der Waals surface area contributed by atoms with Gasteiger partial charge in [-0.3, -0.25) is 14.2 Å². The number of aromatic carboxylic acids is 1. The SMILES string of the molecule is Cc1c(C(=O)O)sc2ncn(CCC(=O)O)c(=O)c12. The number of hydrogen-bond donors (Lipinski definition) is 2. The molecule has 2 rings (SSSR count). The van der Waals surface area contributed by atoms with E-state index >= 15 is 0 Å². The number of aryl methyl sites for hydroxylation is 2. The fourth-order valence-corrected chi connectivity index (χ4v) is 2.72. The molecule has 0 aliphatic rings. The van der Waals surface area contributed by atoms with Crippen molar-refractivity contribution in [2.75, 3.05) is 0 Å². The van der Waals surface area contributed by atoms with E-state index in [0.29, 0.717) is 10.4 Å².